The summed E-state index contributed by atoms with van der Waals surface area (Å²) in [5, 5.41) is 19.9. The summed E-state index contributed by atoms with van der Waals surface area (Å²) in [5.74, 6) is -0.222. The van der Waals surface area contributed by atoms with Gasteiger partial charge in [0.15, 0.2) is 0 Å². The molecule has 0 heterocycles. The van der Waals surface area contributed by atoms with Crippen LogP contribution >= 0.6 is 0 Å². The first-order valence-electron chi connectivity index (χ1n) is 10.2. The SMILES string of the molecule is CCCCCC(CC)OC(=O)C(CO)(Cc1ccc(O)cc1)c1ccccc1. The first-order chi connectivity index (χ1) is 13.6. The molecule has 4 heteroatoms. The van der Waals surface area contributed by atoms with Crippen molar-refractivity contribution in [3.63, 3.8) is 0 Å². The first-order valence-corrected chi connectivity index (χ1v) is 10.2. The lowest BCUT2D eigenvalue weighted by Gasteiger charge is -2.32. The molecule has 0 amide bonds. The Kier molecular flexibility index (Phi) is 8.52. The van der Waals surface area contributed by atoms with Crippen molar-refractivity contribution in [3.05, 3.63) is 65.7 Å². The molecule has 2 aromatic carbocycles. The van der Waals surface area contributed by atoms with Crippen molar-refractivity contribution in [1.29, 1.82) is 0 Å². The number of hydrogen-bond donors (Lipinski definition) is 2. The number of carbonyl (C=O) groups is 1. The van der Waals surface area contributed by atoms with E-state index in [9.17, 15) is 15.0 Å². The summed E-state index contributed by atoms with van der Waals surface area (Å²) in [6.07, 6.45) is 5.02. The molecule has 2 atom stereocenters. The van der Waals surface area contributed by atoms with Crippen LogP contribution in [-0.2, 0) is 21.4 Å². The van der Waals surface area contributed by atoms with Crippen molar-refractivity contribution in [3.8, 4) is 5.75 Å². The number of rotatable bonds is 11. The highest BCUT2D eigenvalue weighted by Crippen LogP contribution is 2.32. The summed E-state index contributed by atoms with van der Waals surface area (Å²) in [5.41, 5.74) is 0.418. The van der Waals surface area contributed by atoms with Crippen molar-refractivity contribution < 1.29 is 19.7 Å². The minimum atomic E-state index is -1.17. The number of aliphatic hydroxyl groups is 1. The number of carbonyl (C=O) groups excluding carboxylic acids is 1. The normalized spacial score (nSPS) is 14.2. The van der Waals surface area contributed by atoms with Gasteiger partial charge in [0.2, 0.25) is 0 Å². The van der Waals surface area contributed by atoms with Gasteiger partial charge in [0.05, 0.1) is 6.61 Å². The standard InChI is InChI=1S/C24H32O4/c1-3-5-7-12-22(4-2)28-23(27)24(18-25,20-10-8-6-9-11-20)17-19-13-15-21(26)16-14-19/h6,8-11,13-16,22,25-26H,3-5,7,12,17-18H2,1-2H3. The van der Waals surface area contributed by atoms with E-state index in [2.05, 4.69) is 6.92 Å². The number of aromatic hydroxyl groups is 1. The number of benzene rings is 2. The van der Waals surface area contributed by atoms with Crippen LogP contribution in [0, 0.1) is 0 Å². The molecule has 28 heavy (non-hydrogen) atoms. The predicted molar refractivity (Wildman–Crippen MR) is 111 cm³/mol. The Morgan fingerprint density at radius 1 is 1.04 bits per heavy atom. The van der Waals surface area contributed by atoms with Gasteiger partial charge in [0.1, 0.15) is 17.3 Å². The highest BCUT2D eigenvalue weighted by Gasteiger charge is 2.42. The Balaban J connectivity index is 2.31. The molecular formula is C24H32O4. The number of phenolic OH excluding ortho intramolecular Hbond substituents is 1. The fourth-order valence-corrected chi connectivity index (χ4v) is 3.46. The van der Waals surface area contributed by atoms with Crippen molar-refractivity contribution in [2.24, 2.45) is 0 Å². The Labute approximate surface area is 168 Å². The number of hydrogen-bond acceptors (Lipinski definition) is 4. The summed E-state index contributed by atoms with van der Waals surface area (Å²) < 4.78 is 5.90. The van der Waals surface area contributed by atoms with E-state index >= 15 is 0 Å². The van der Waals surface area contributed by atoms with Crippen LogP contribution in [0.5, 0.6) is 5.75 Å². The van der Waals surface area contributed by atoms with Crippen LogP contribution in [0.4, 0.5) is 0 Å². The Hall–Kier alpha value is -2.33. The van der Waals surface area contributed by atoms with E-state index in [1.807, 2.05) is 37.3 Å². The van der Waals surface area contributed by atoms with Crippen LogP contribution in [0.1, 0.15) is 57.1 Å². The zero-order chi connectivity index (χ0) is 20.4. The maximum absolute atomic E-state index is 13.3. The van der Waals surface area contributed by atoms with Gasteiger partial charge in [-0.1, -0.05) is 69.2 Å². The molecule has 0 radical (unpaired) electrons. The summed E-state index contributed by atoms with van der Waals surface area (Å²) in [7, 11) is 0. The van der Waals surface area contributed by atoms with Gasteiger partial charge in [-0.15, -0.1) is 0 Å². The fourth-order valence-electron chi connectivity index (χ4n) is 3.46. The molecule has 0 spiro atoms. The molecule has 2 rings (SSSR count). The number of ether oxygens (including phenoxy) is 1. The van der Waals surface area contributed by atoms with Crippen molar-refractivity contribution in [1.82, 2.24) is 0 Å². The summed E-state index contributed by atoms with van der Waals surface area (Å²) >= 11 is 0. The minimum Gasteiger partial charge on any atom is -0.508 e. The van der Waals surface area contributed by atoms with E-state index in [0.29, 0.717) is 6.42 Å². The molecule has 0 fully saturated rings. The van der Waals surface area contributed by atoms with Gasteiger partial charge in [-0.3, -0.25) is 4.79 Å². The second-order valence-electron chi connectivity index (χ2n) is 7.38. The molecule has 2 aromatic rings. The van der Waals surface area contributed by atoms with Crippen molar-refractivity contribution in [2.45, 2.75) is 63.9 Å². The monoisotopic (exact) mass is 384 g/mol. The Bertz CT molecular complexity index is 711. The van der Waals surface area contributed by atoms with Gasteiger partial charge in [0, 0.05) is 0 Å². The van der Waals surface area contributed by atoms with Crippen LogP contribution in [0.15, 0.2) is 54.6 Å². The second kappa shape index (κ2) is 10.9. The highest BCUT2D eigenvalue weighted by atomic mass is 16.5. The first kappa shape index (κ1) is 22.0. The molecule has 2 N–H and O–H groups in total. The zero-order valence-corrected chi connectivity index (χ0v) is 16.9. The molecule has 0 aliphatic heterocycles. The average molecular weight is 385 g/mol. The van der Waals surface area contributed by atoms with Crippen LogP contribution in [0.25, 0.3) is 0 Å². The van der Waals surface area contributed by atoms with E-state index in [0.717, 1.165) is 43.2 Å². The number of esters is 1. The Morgan fingerprint density at radius 2 is 1.71 bits per heavy atom. The number of phenols is 1. The molecule has 0 saturated carbocycles. The second-order valence-corrected chi connectivity index (χ2v) is 7.38. The number of unbranched alkanes of at least 4 members (excludes halogenated alkanes) is 2. The highest BCUT2D eigenvalue weighted by molar-refractivity contribution is 5.84. The maximum atomic E-state index is 13.3. The smallest absolute Gasteiger partial charge is 0.319 e. The van der Waals surface area contributed by atoms with E-state index in [1.165, 1.54) is 0 Å². The van der Waals surface area contributed by atoms with Crippen LogP contribution in [0.2, 0.25) is 0 Å². The molecule has 152 valence electrons. The summed E-state index contributed by atoms with van der Waals surface area (Å²) in [4.78, 5) is 13.3. The average Bonchev–Trinajstić information content (AvgIpc) is 2.73. The zero-order valence-electron chi connectivity index (χ0n) is 16.9. The Morgan fingerprint density at radius 3 is 2.29 bits per heavy atom. The van der Waals surface area contributed by atoms with Gasteiger partial charge in [-0.05, 0) is 48.9 Å². The van der Waals surface area contributed by atoms with Gasteiger partial charge >= 0.3 is 5.97 Å². The van der Waals surface area contributed by atoms with E-state index in [1.54, 1.807) is 24.3 Å². The van der Waals surface area contributed by atoms with Gasteiger partial charge in [-0.25, -0.2) is 0 Å². The molecule has 0 aromatic heterocycles. The lowest BCUT2D eigenvalue weighted by atomic mass is 9.76. The molecule has 0 bridgehead atoms. The topological polar surface area (TPSA) is 66.8 Å². The maximum Gasteiger partial charge on any atom is 0.319 e. The molecule has 4 nitrogen and oxygen atoms in total. The van der Waals surface area contributed by atoms with Gasteiger partial charge in [-0.2, -0.15) is 0 Å². The lowest BCUT2D eigenvalue weighted by Crippen LogP contribution is -2.44. The van der Waals surface area contributed by atoms with E-state index in [4.69, 9.17) is 4.74 Å². The van der Waals surface area contributed by atoms with E-state index < -0.39 is 11.4 Å². The van der Waals surface area contributed by atoms with Crippen LogP contribution in [0.3, 0.4) is 0 Å². The third-order valence-corrected chi connectivity index (χ3v) is 5.29. The van der Waals surface area contributed by atoms with Gasteiger partial charge in [0.25, 0.3) is 0 Å². The summed E-state index contributed by atoms with van der Waals surface area (Å²) in [6.45, 7) is 3.83. The third-order valence-electron chi connectivity index (χ3n) is 5.29. The fraction of sp³-hybridized carbons (Fsp3) is 0.458. The van der Waals surface area contributed by atoms with E-state index in [-0.39, 0.29) is 18.5 Å². The molecule has 0 saturated heterocycles. The van der Waals surface area contributed by atoms with Crippen molar-refractivity contribution in [2.75, 3.05) is 6.61 Å². The van der Waals surface area contributed by atoms with Crippen LogP contribution in [-0.4, -0.2) is 28.9 Å². The quantitative estimate of drug-likeness (QED) is 0.433. The lowest BCUT2D eigenvalue weighted by molar-refractivity contribution is -0.158. The predicted octanol–water partition coefficient (Wildman–Crippen LogP) is 4.77. The molecule has 0 aliphatic carbocycles. The summed E-state index contributed by atoms with van der Waals surface area (Å²) in [6, 6.07) is 16.1. The van der Waals surface area contributed by atoms with Crippen LogP contribution < -0.4 is 0 Å². The largest absolute Gasteiger partial charge is 0.508 e. The van der Waals surface area contributed by atoms with Crippen molar-refractivity contribution >= 4 is 5.97 Å². The van der Waals surface area contributed by atoms with Gasteiger partial charge < -0.3 is 14.9 Å². The number of aliphatic hydroxyl groups excluding tert-OH is 1. The molecule has 2 unspecified atom stereocenters. The molecular weight excluding hydrogens is 352 g/mol. The minimum absolute atomic E-state index is 0.145. The third kappa shape index (κ3) is 5.59. The molecule has 0 aliphatic rings.